The van der Waals surface area contributed by atoms with E-state index in [0.29, 0.717) is 0 Å². The number of halogens is 2. The fourth-order valence-corrected chi connectivity index (χ4v) is 2.11. The zero-order chi connectivity index (χ0) is 16.1. The first kappa shape index (κ1) is 15.9. The topological polar surface area (TPSA) is 45.2 Å². The van der Waals surface area contributed by atoms with Crippen molar-refractivity contribution >= 4 is 17.3 Å². The molecule has 0 spiro atoms. The first-order chi connectivity index (χ1) is 10.5. The van der Waals surface area contributed by atoms with E-state index in [1.165, 1.54) is 12.3 Å². The monoisotopic (exact) mass is 305 g/mol. The van der Waals surface area contributed by atoms with Crippen LogP contribution >= 0.6 is 0 Å². The third-order valence-corrected chi connectivity index (χ3v) is 3.28. The van der Waals surface area contributed by atoms with Gasteiger partial charge in [0.25, 0.3) is 5.91 Å². The van der Waals surface area contributed by atoms with Gasteiger partial charge >= 0.3 is 0 Å². The summed E-state index contributed by atoms with van der Waals surface area (Å²) in [5, 5.41) is 2.39. The van der Waals surface area contributed by atoms with E-state index in [2.05, 4.69) is 15.2 Å². The van der Waals surface area contributed by atoms with E-state index in [9.17, 15) is 13.6 Å². The molecule has 2 rings (SSSR count). The summed E-state index contributed by atoms with van der Waals surface area (Å²) >= 11 is 0. The molecule has 22 heavy (non-hydrogen) atoms. The van der Waals surface area contributed by atoms with Crippen molar-refractivity contribution in [2.75, 3.05) is 23.3 Å². The molecule has 1 aromatic heterocycles. The summed E-state index contributed by atoms with van der Waals surface area (Å²) in [6, 6.07) is 6.43. The SMILES string of the molecule is CCN(CC)c1ccnc(C(=O)Nc2ccc(F)cc2F)c1. The minimum absolute atomic E-state index is 0.0820. The van der Waals surface area contributed by atoms with Crippen LogP contribution < -0.4 is 10.2 Å². The van der Waals surface area contributed by atoms with Gasteiger partial charge in [0.2, 0.25) is 0 Å². The molecule has 0 aliphatic rings. The average molecular weight is 305 g/mol. The van der Waals surface area contributed by atoms with Gasteiger partial charge < -0.3 is 10.2 Å². The standard InChI is InChI=1S/C16H17F2N3O/c1-3-21(4-2)12-7-8-19-15(10-12)16(22)20-14-6-5-11(17)9-13(14)18/h5-10H,3-4H2,1-2H3,(H,20,22). The molecule has 6 heteroatoms. The van der Waals surface area contributed by atoms with Crippen LogP contribution in [0.15, 0.2) is 36.5 Å². The molecule has 0 unspecified atom stereocenters. The third-order valence-electron chi connectivity index (χ3n) is 3.28. The number of hydrogen-bond donors (Lipinski definition) is 1. The summed E-state index contributed by atoms with van der Waals surface area (Å²) in [7, 11) is 0. The van der Waals surface area contributed by atoms with E-state index in [-0.39, 0.29) is 11.4 Å². The molecule has 116 valence electrons. The highest BCUT2D eigenvalue weighted by Crippen LogP contribution is 2.18. The summed E-state index contributed by atoms with van der Waals surface area (Å²) < 4.78 is 26.4. The van der Waals surface area contributed by atoms with Crippen LogP contribution in [-0.2, 0) is 0 Å². The number of nitrogens with one attached hydrogen (secondary N) is 1. The Kier molecular flexibility index (Phi) is 5.04. The van der Waals surface area contributed by atoms with Crippen molar-refractivity contribution in [2.24, 2.45) is 0 Å². The van der Waals surface area contributed by atoms with Gasteiger partial charge in [0.15, 0.2) is 0 Å². The van der Waals surface area contributed by atoms with Crippen LogP contribution in [0.5, 0.6) is 0 Å². The van der Waals surface area contributed by atoms with Gasteiger partial charge in [0.05, 0.1) is 5.69 Å². The van der Waals surface area contributed by atoms with Gasteiger partial charge in [-0.15, -0.1) is 0 Å². The highest BCUT2D eigenvalue weighted by Gasteiger charge is 2.13. The Morgan fingerprint density at radius 3 is 2.55 bits per heavy atom. The van der Waals surface area contributed by atoms with E-state index in [0.717, 1.165) is 30.9 Å². The maximum atomic E-state index is 13.6. The highest BCUT2D eigenvalue weighted by atomic mass is 19.1. The van der Waals surface area contributed by atoms with Crippen LogP contribution in [0.2, 0.25) is 0 Å². The summed E-state index contributed by atoms with van der Waals surface area (Å²) in [6.07, 6.45) is 1.53. The molecule has 0 atom stereocenters. The summed E-state index contributed by atoms with van der Waals surface area (Å²) in [4.78, 5) is 18.2. The first-order valence-electron chi connectivity index (χ1n) is 7.02. The predicted molar refractivity (Wildman–Crippen MR) is 82.1 cm³/mol. The van der Waals surface area contributed by atoms with E-state index >= 15 is 0 Å². The maximum absolute atomic E-state index is 13.6. The van der Waals surface area contributed by atoms with E-state index in [1.807, 2.05) is 19.9 Å². The molecule has 1 N–H and O–H groups in total. The fraction of sp³-hybridized carbons (Fsp3) is 0.250. The number of anilines is 2. The number of benzene rings is 1. The van der Waals surface area contributed by atoms with Gasteiger partial charge in [-0.2, -0.15) is 0 Å². The molecule has 0 saturated heterocycles. The molecular formula is C16H17F2N3O. The molecule has 1 heterocycles. The van der Waals surface area contributed by atoms with Crippen molar-refractivity contribution in [1.82, 2.24) is 4.98 Å². The molecule has 0 fully saturated rings. The number of hydrogen-bond acceptors (Lipinski definition) is 3. The molecule has 1 amide bonds. The van der Waals surface area contributed by atoms with Crippen molar-refractivity contribution in [3.63, 3.8) is 0 Å². The van der Waals surface area contributed by atoms with Crippen LogP contribution in [-0.4, -0.2) is 24.0 Å². The molecule has 0 aliphatic carbocycles. The number of carbonyl (C=O) groups is 1. The zero-order valence-electron chi connectivity index (χ0n) is 12.4. The molecule has 4 nitrogen and oxygen atoms in total. The second kappa shape index (κ2) is 6.98. The van der Waals surface area contributed by atoms with Crippen LogP contribution in [0, 0.1) is 11.6 Å². The summed E-state index contributed by atoms with van der Waals surface area (Å²) in [5.41, 5.74) is 0.958. The van der Waals surface area contributed by atoms with Crippen molar-refractivity contribution in [3.8, 4) is 0 Å². The zero-order valence-corrected chi connectivity index (χ0v) is 12.4. The average Bonchev–Trinajstić information content (AvgIpc) is 2.51. The first-order valence-corrected chi connectivity index (χ1v) is 7.02. The predicted octanol–water partition coefficient (Wildman–Crippen LogP) is 3.46. The highest BCUT2D eigenvalue weighted by molar-refractivity contribution is 6.03. The van der Waals surface area contributed by atoms with E-state index < -0.39 is 17.5 Å². The van der Waals surface area contributed by atoms with Crippen LogP contribution in [0.1, 0.15) is 24.3 Å². The van der Waals surface area contributed by atoms with Gasteiger partial charge in [-0.3, -0.25) is 9.78 Å². The lowest BCUT2D eigenvalue weighted by atomic mass is 10.2. The largest absolute Gasteiger partial charge is 0.372 e. The van der Waals surface area contributed by atoms with Crippen LogP contribution in [0.25, 0.3) is 0 Å². The smallest absolute Gasteiger partial charge is 0.274 e. The number of nitrogens with zero attached hydrogens (tertiary/aromatic N) is 2. The Morgan fingerprint density at radius 2 is 1.91 bits per heavy atom. The summed E-state index contributed by atoms with van der Waals surface area (Å²) in [5.74, 6) is -2.06. The molecular weight excluding hydrogens is 288 g/mol. The van der Waals surface area contributed by atoms with Crippen molar-refractivity contribution < 1.29 is 13.6 Å². The molecule has 2 aromatic rings. The van der Waals surface area contributed by atoms with Gasteiger partial charge in [0.1, 0.15) is 17.3 Å². The van der Waals surface area contributed by atoms with Gasteiger partial charge in [-0.25, -0.2) is 8.78 Å². The lowest BCUT2D eigenvalue weighted by molar-refractivity contribution is 0.102. The van der Waals surface area contributed by atoms with Gasteiger partial charge in [-0.05, 0) is 38.1 Å². The molecule has 0 radical (unpaired) electrons. The quantitative estimate of drug-likeness (QED) is 0.920. The molecule has 1 aromatic carbocycles. The number of amides is 1. The molecule has 0 aliphatic heterocycles. The number of pyridine rings is 1. The second-order valence-corrected chi connectivity index (χ2v) is 4.65. The van der Waals surface area contributed by atoms with Gasteiger partial charge in [-0.1, -0.05) is 0 Å². The normalized spacial score (nSPS) is 10.4. The minimum Gasteiger partial charge on any atom is -0.372 e. The van der Waals surface area contributed by atoms with E-state index in [4.69, 9.17) is 0 Å². The third kappa shape index (κ3) is 3.58. The van der Waals surface area contributed by atoms with Gasteiger partial charge in [0, 0.05) is 31.0 Å². The number of carbonyl (C=O) groups excluding carboxylic acids is 1. The van der Waals surface area contributed by atoms with E-state index in [1.54, 1.807) is 6.07 Å². The Hall–Kier alpha value is -2.50. The Labute approximate surface area is 127 Å². The summed E-state index contributed by atoms with van der Waals surface area (Å²) in [6.45, 7) is 5.62. The Morgan fingerprint density at radius 1 is 1.18 bits per heavy atom. The number of aromatic nitrogens is 1. The lowest BCUT2D eigenvalue weighted by Gasteiger charge is -2.21. The Bertz CT molecular complexity index is 672. The second-order valence-electron chi connectivity index (χ2n) is 4.65. The maximum Gasteiger partial charge on any atom is 0.274 e. The van der Waals surface area contributed by atoms with Crippen LogP contribution in [0.3, 0.4) is 0 Å². The number of rotatable bonds is 5. The molecule has 0 saturated carbocycles. The molecule has 0 bridgehead atoms. The van der Waals surface area contributed by atoms with Crippen LogP contribution in [0.4, 0.5) is 20.2 Å². The van der Waals surface area contributed by atoms with Crippen molar-refractivity contribution in [2.45, 2.75) is 13.8 Å². The lowest BCUT2D eigenvalue weighted by Crippen LogP contribution is -2.23. The Balaban J connectivity index is 2.21. The van der Waals surface area contributed by atoms with Crippen molar-refractivity contribution in [1.29, 1.82) is 0 Å². The van der Waals surface area contributed by atoms with Crippen molar-refractivity contribution in [3.05, 3.63) is 53.9 Å². The minimum atomic E-state index is -0.826. The fourth-order valence-electron chi connectivity index (χ4n) is 2.11.